The van der Waals surface area contributed by atoms with Crippen molar-refractivity contribution >= 4 is 5.69 Å². The molecule has 0 saturated heterocycles. The second-order valence-corrected chi connectivity index (χ2v) is 4.08. The predicted octanol–water partition coefficient (Wildman–Crippen LogP) is 1.91. The minimum Gasteiger partial charge on any atom is -0.497 e. The summed E-state index contributed by atoms with van der Waals surface area (Å²) in [5.41, 5.74) is 8.32. The molecule has 0 aliphatic rings. The van der Waals surface area contributed by atoms with Gasteiger partial charge in [-0.25, -0.2) is 9.97 Å². The topological polar surface area (TPSA) is 73.1 Å². The summed E-state index contributed by atoms with van der Waals surface area (Å²) in [7, 11) is 1.65. The fraction of sp³-hybridized carbons (Fsp3) is 0.286. The molecule has 3 N–H and O–H groups in total. The third-order valence-corrected chi connectivity index (χ3v) is 2.77. The van der Waals surface area contributed by atoms with Crippen LogP contribution in [0.4, 0.5) is 5.69 Å². The smallest absolute Gasteiger partial charge is 0.118 e. The Bertz CT molecular complexity index is 513. The molecule has 5 heteroatoms. The molecule has 1 aromatic carbocycles. The second kappa shape index (κ2) is 6.70. The van der Waals surface area contributed by atoms with Crippen molar-refractivity contribution in [2.75, 3.05) is 25.5 Å². The molecule has 0 bridgehead atoms. The van der Waals surface area contributed by atoms with E-state index in [1.165, 1.54) is 0 Å². The third kappa shape index (κ3) is 3.42. The van der Waals surface area contributed by atoms with Gasteiger partial charge in [0.1, 0.15) is 12.1 Å². The van der Waals surface area contributed by atoms with Gasteiger partial charge in [-0.15, -0.1) is 0 Å². The Labute approximate surface area is 112 Å². The number of aromatic nitrogens is 2. The van der Waals surface area contributed by atoms with E-state index < -0.39 is 0 Å². The van der Waals surface area contributed by atoms with Gasteiger partial charge in [-0.3, -0.25) is 0 Å². The van der Waals surface area contributed by atoms with Crippen LogP contribution in [-0.2, 0) is 0 Å². The van der Waals surface area contributed by atoms with Crippen molar-refractivity contribution in [2.45, 2.75) is 6.42 Å². The number of ether oxygens (including phenoxy) is 1. The first-order chi connectivity index (χ1) is 9.35. The van der Waals surface area contributed by atoms with Crippen LogP contribution in [-0.4, -0.2) is 30.2 Å². The van der Waals surface area contributed by atoms with Crippen molar-refractivity contribution in [3.63, 3.8) is 0 Å². The molecule has 1 aromatic heterocycles. The van der Waals surface area contributed by atoms with Crippen LogP contribution in [0.5, 0.6) is 5.75 Å². The van der Waals surface area contributed by atoms with Gasteiger partial charge in [0.25, 0.3) is 0 Å². The largest absolute Gasteiger partial charge is 0.497 e. The minimum absolute atomic E-state index is 0.665. The van der Waals surface area contributed by atoms with Gasteiger partial charge in [-0.1, -0.05) is 0 Å². The number of anilines is 1. The van der Waals surface area contributed by atoms with Gasteiger partial charge in [-0.2, -0.15) is 0 Å². The summed E-state index contributed by atoms with van der Waals surface area (Å²) in [5.74, 6) is 0.829. The van der Waals surface area contributed by atoms with Crippen molar-refractivity contribution in [1.29, 1.82) is 0 Å². The molecule has 0 unspecified atom stereocenters. The molecule has 2 rings (SSSR count). The molecule has 0 fully saturated rings. The number of nitrogens with zero attached hydrogens (tertiary/aromatic N) is 2. The van der Waals surface area contributed by atoms with Crippen LogP contribution >= 0.6 is 0 Å². The zero-order chi connectivity index (χ0) is 13.5. The van der Waals surface area contributed by atoms with Crippen molar-refractivity contribution in [3.8, 4) is 17.0 Å². The van der Waals surface area contributed by atoms with Gasteiger partial charge in [-0.05, 0) is 37.2 Å². The summed E-state index contributed by atoms with van der Waals surface area (Å²) in [5, 5.41) is 3.31. The zero-order valence-electron chi connectivity index (χ0n) is 11.0. The lowest BCUT2D eigenvalue weighted by Crippen LogP contribution is -2.09. The first-order valence-electron chi connectivity index (χ1n) is 6.23. The summed E-state index contributed by atoms with van der Waals surface area (Å²) in [6.45, 7) is 1.48. The van der Waals surface area contributed by atoms with Crippen LogP contribution in [0, 0.1) is 0 Å². The van der Waals surface area contributed by atoms with Crippen molar-refractivity contribution < 1.29 is 4.74 Å². The van der Waals surface area contributed by atoms with Gasteiger partial charge >= 0.3 is 0 Å². The monoisotopic (exact) mass is 258 g/mol. The first-order valence-corrected chi connectivity index (χ1v) is 6.23. The molecule has 0 aliphatic carbocycles. The molecule has 0 atom stereocenters. The number of benzene rings is 1. The number of methoxy groups -OCH3 is 1. The SMILES string of the molecule is COc1ccc(-c2ncncc2NCCCN)cc1. The molecule has 19 heavy (non-hydrogen) atoms. The second-order valence-electron chi connectivity index (χ2n) is 4.08. The van der Waals surface area contributed by atoms with Crippen LogP contribution in [0.1, 0.15) is 6.42 Å². The van der Waals surface area contributed by atoms with Crippen molar-refractivity contribution in [2.24, 2.45) is 5.73 Å². The van der Waals surface area contributed by atoms with Gasteiger partial charge in [0, 0.05) is 12.1 Å². The van der Waals surface area contributed by atoms with Crippen molar-refractivity contribution in [1.82, 2.24) is 9.97 Å². The highest BCUT2D eigenvalue weighted by Gasteiger charge is 2.06. The van der Waals surface area contributed by atoms with E-state index in [2.05, 4.69) is 15.3 Å². The van der Waals surface area contributed by atoms with Crippen LogP contribution in [0.2, 0.25) is 0 Å². The molecule has 0 radical (unpaired) electrons. The van der Waals surface area contributed by atoms with E-state index in [0.29, 0.717) is 6.54 Å². The Morgan fingerprint density at radius 2 is 2.05 bits per heavy atom. The van der Waals surface area contributed by atoms with Gasteiger partial charge < -0.3 is 15.8 Å². The summed E-state index contributed by atoms with van der Waals surface area (Å²) >= 11 is 0. The van der Waals surface area contributed by atoms with Crippen LogP contribution in [0.3, 0.4) is 0 Å². The highest BCUT2D eigenvalue weighted by atomic mass is 16.5. The van der Waals surface area contributed by atoms with Crippen molar-refractivity contribution in [3.05, 3.63) is 36.8 Å². The quantitative estimate of drug-likeness (QED) is 0.774. The fourth-order valence-electron chi connectivity index (χ4n) is 1.76. The number of hydrogen-bond acceptors (Lipinski definition) is 5. The average Bonchev–Trinajstić information content (AvgIpc) is 2.48. The van der Waals surface area contributed by atoms with E-state index in [-0.39, 0.29) is 0 Å². The highest BCUT2D eigenvalue weighted by molar-refractivity contribution is 5.73. The van der Waals surface area contributed by atoms with E-state index in [1.807, 2.05) is 24.3 Å². The lowest BCUT2D eigenvalue weighted by Gasteiger charge is -2.10. The first kappa shape index (κ1) is 13.3. The Balaban J connectivity index is 2.22. The normalized spacial score (nSPS) is 10.2. The molecule has 0 saturated carbocycles. The van der Waals surface area contributed by atoms with E-state index in [1.54, 1.807) is 19.6 Å². The van der Waals surface area contributed by atoms with Crippen LogP contribution in [0.25, 0.3) is 11.3 Å². The highest BCUT2D eigenvalue weighted by Crippen LogP contribution is 2.26. The Hall–Kier alpha value is -2.14. The molecule has 1 heterocycles. The Kier molecular flexibility index (Phi) is 4.69. The summed E-state index contributed by atoms with van der Waals surface area (Å²) in [6, 6.07) is 7.80. The third-order valence-electron chi connectivity index (χ3n) is 2.77. The minimum atomic E-state index is 0.665. The van der Waals surface area contributed by atoms with Gasteiger partial charge in [0.05, 0.1) is 24.7 Å². The van der Waals surface area contributed by atoms with E-state index in [0.717, 1.165) is 35.7 Å². The fourth-order valence-corrected chi connectivity index (χ4v) is 1.76. The molecule has 100 valence electrons. The molecule has 5 nitrogen and oxygen atoms in total. The molecule has 0 spiro atoms. The summed E-state index contributed by atoms with van der Waals surface area (Å²) in [4.78, 5) is 8.39. The zero-order valence-corrected chi connectivity index (χ0v) is 11.0. The maximum Gasteiger partial charge on any atom is 0.118 e. The van der Waals surface area contributed by atoms with Gasteiger partial charge in [0.15, 0.2) is 0 Å². The molecular weight excluding hydrogens is 240 g/mol. The maximum absolute atomic E-state index is 5.49. The standard InChI is InChI=1S/C14H18N4O/c1-19-12-5-3-11(4-6-12)14-13(9-16-10-18-14)17-8-2-7-15/h3-6,9-10,17H,2,7-8,15H2,1H3. The summed E-state index contributed by atoms with van der Waals surface area (Å²) in [6.07, 6.45) is 4.24. The molecule has 0 aliphatic heterocycles. The number of nitrogens with two attached hydrogens (primary N) is 1. The molecular formula is C14H18N4O. The lowest BCUT2D eigenvalue weighted by atomic mass is 10.1. The van der Waals surface area contributed by atoms with E-state index in [9.17, 15) is 0 Å². The lowest BCUT2D eigenvalue weighted by molar-refractivity contribution is 0.415. The maximum atomic E-state index is 5.49. The van der Waals surface area contributed by atoms with E-state index >= 15 is 0 Å². The number of hydrogen-bond donors (Lipinski definition) is 2. The molecule has 2 aromatic rings. The van der Waals surface area contributed by atoms with Crippen LogP contribution < -0.4 is 15.8 Å². The van der Waals surface area contributed by atoms with Crippen LogP contribution in [0.15, 0.2) is 36.8 Å². The predicted molar refractivity (Wildman–Crippen MR) is 76.2 cm³/mol. The van der Waals surface area contributed by atoms with Gasteiger partial charge in [0.2, 0.25) is 0 Å². The Morgan fingerprint density at radius 3 is 2.74 bits per heavy atom. The average molecular weight is 258 g/mol. The summed E-state index contributed by atoms with van der Waals surface area (Å²) < 4.78 is 5.15. The van der Waals surface area contributed by atoms with E-state index in [4.69, 9.17) is 10.5 Å². The molecule has 0 amide bonds. The number of rotatable bonds is 6. The number of nitrogens with one attached hydrogen (secondary N) is 1. The Morgan fingerprint density at radius 1 is 1.26 bits per heavy atom.